The molecule has 0 aliphatic heterocycles. The highest BCUT2D eigenvalue weighted by molar-refractivity contribution is 5.80. The lowest BCUT2D eigenvalue weighted by atomic mass is 10.2. The number of amides is 1. The zero-order valence-electron chi connectivity index (χ0n) is 13.8. The van der Waals surface area contributed by atoms with E-state index in [1.807, 2.05) is 60.0 Å². The number of aryl methyl sites for hydroxylation is 1. The minimum absolute atomic E-state index is 0.149. The van der Waals surface area contributed by atoms with Crippen LogP contribution < -0.4 is 10.1 Å². The number of benzene rings is 1. The number of hydrogen-bond donors (Lipinski definition) is 1. The van der Waals surface area contributed by atoms with Gasteiger partial charge in [0.2, 0.25) is 0 Å². The van der Waals surface area contributed by atoms with Gasteiger partial charge in [0.15, 0.2) is 11.8 Å². The Morgan fingerprint density at radius 3 is 2.79 bits per heavy atom. The second-order valence-electron chi connectivity index (χ2n) is 5.66. The molecule has 6 heteroatoms. The molecule has 2 aromatic heterocycles. The number of nitrogens with one attached hydrogen (secondary N) is 1. The van der Waals surface area contributed by atoms with Gasteiger partial charge in [0.05, 0.1) is 0 Å². The van der Waals surface area contributed by atoms with E-state index < -0.39 is 6.10 Å². The molecule has 24 heavy (non-hydrogen) atoms. The molecule has 0 radical (unpaired) electrons. The van der Waals surface area contributed by atoms with Gasteiger partial charge in [0, 0.05) is 19.2 Å². The molecule has 3 rings (SSSR count). The Morgan fingerprint density at radius 2 is 2.00 bits per heavy atom. The molecule has 0 aliphatic rings. The van der Waals surface area contributed by atoms with Crippen molar-refractivity contribution in [3.8, 4) is 5.75 Å². The van der Waals surface area contributed by atoms with Crippen LogP contribution in [0.15, 0.2) is 48.7 Å². The molecule has 2 heterocycles. The van der Waals surface area contributed by atoms with E-state index in [1.165, 1.54) is 0 Å². The Kier molecular flexibility index (Phi) is 4.74. The lowest BCUT2D eigenvalue weighted by molar-refractivity contribution is -0.127. The van der Waals surface area contributed by atoms with Crippen molar-refractivity contribution >= 4 is 11.6 Å². The maximum atomic E-state index is 12.1. The smallest absolute Gasteiger partial charge is 0.260 e. The van der Waals surface area contributed by atoms with Crippen LogP contribution in [0.4, 0.5) is 0 Å². The van der Waals surface area contributed by atoms with Gasteiger partial charge in [-0.3, -0.25) is 9.20 Å². The van der Waals surface area contributed by atoms with E-state index in [-0.39, 0.29) is 5.91 Å². The quantitative estimate of drug-likeness (QED) is 0.754. The molecule has 0 fully saturated rings. The van der Waals surface area contributed by atoms with Gasteiger partial charge in [-0.1, -0.05) is 23.8 Å². The third-order valence-corrected chi connectivity index (χ3v) is 3.74. The monoisotopic (exact) mass is 324 g/mol. The second kappa shape index (κ2) is 7.12. The summed E-state index contributed by atoms with van der Waals surface area (Å²) in [5.41, 5.74) is 1.95. The molecule has 0 aliphatic carbocycles. The number of fused-ring (bicyclic) bond motifs is 1. The molecule has 1 atom stereocenters. The summed E-state index contributed by atoms with van der Waals surface area (Å²) in [7, 11) is 0. The van der Waals surface area contributed by atoms with E-state index in [9.17, 15) is 4.79 Å². The fourth-order valence-electron chi connectivity index (χ4n) is 2.38. The number of nitrogens with zero attached hydrogens (tertiary/aromatic N) is 3. The minimum atomic E-state index is -0.553. The standard InChI is InChI=1S/C18H20N4O2/c1-13-6-8-15(9-7-13)24-14(2)18(23)19-11-10-17-21-20-16-5-3-4-12-22(16)17/h3-9,12,14H,10-11H2,1-2H3,(H,19,23)/t14-/m1/s1. The molecule has 1 N–H and O–H groups in total. The summed E-state index contributed by atoms with van der Waals surface area (Å²) in [6.45, 7) is 4.23. The summed E-state index contributed by atoms with van der Waals surface area (Å²) in [4.78, 5) is 12.1. The third kappa shape index (κ3) is 3.71. The number of hydrogen-bond acceptors (Lipinski definition) is 4. The van der Waals surface area contributed by atoms with Gasteiger partial charge in [0.25, 0.3) is 5.91 Å². The van der Waals surface area contributed by atoms with E-state index in [0.717, 1.165) is 17.0 Å². The average Bonchev–Trinajstić information content (AvgIpc) is 3.00. The van der Waals surface area contributed by atoms with Crippen LogP contribution in [0.5, 0.6) is 5.75 Å². The second-order valence-corrected chi connectivity index (χ2v) is 5.66. The minimum Gasteiger partial charge on any atom is -0.481 e. The molecule has 124 valence electrons. The Hall–Kier alpha value is -2.89. The van der Waals surface area contributed by atoms with Crippen LogP contribution in [-0.2, 0) is 11.2 Å². The number of carbonyl (C=O) groups is 1. The van der Waals surface area contributed by atoms with Crippen LogP contribution in [0.25, 0.3) is 5.65 Å². The van der Waals surface area contributed by atoms with Gasteiger partial charge in [-0.2, -0.15) is 0 Å². The molecule has 0 spiro atoms. The van der Waals surface area contributed by atoms with Gasteiger partial charge in [-0.05, 0) is 38.1 Å². The van der Waals surface area contributed by atoms with Gasteiger partial charge in [0.1, 0.15) is 11.6 Å². The van der Waals surface area contributed by atoms with Crippen LogP contribution in [0.3, 0.4) is 0 Å². The van der Waals surface area contributed by atoms with Crippen LogP contribution >= 0.6 is 0 Å². The highest BCUT2D eigenvalue weighted by atomic mass is 16.5. The van der Waals surface area contributed by atoms with E-state index in [4.69, 9.17) is 4.74 Å². The number of ether oxygens (including phenoxy) is 1. The van der Waals surface area contributed by atoms with E-state index in [1.54, 1.807) is 6.92 Å². The SMILES string of the molecule is Cc1ccc(O[C@H](C)C(=O)NCCc2nnc3ccccn23)cc1. The molecule has 0 saturated heterocycles. The van der Waals surface area contributed by atoms with Crippen molar-refractivity contribution in [2.45, 2.75) is 26.4 Å². The molecule has 1 aromatic carbocycles. The number of pyridine rings is 1. The van der Waals surface area contributed by atoms with Crippen LogP contribution in [0, 0.1) is 6.92 Å². The summed E-state index contributed by atoms with van der Waals surface area (Å²) in [6, 6.07) is 13.4. The Bertz CT molecular complexity index is 826. The van der Waals surface area contributed by atoms with Crippen LogP contribution in [-0.4, -0.2) is 33.2 Å². The first-order valence-electron chi connectivity index (χ1n) is 7.93. The predicted molar refractivity (Wildman–Crippen MR) is 91.0 cm³/mol. The maximum absolute atomic E-state index is 12.1. The van der Waals surface area contributed by atoms with Gasteiger partial charge in [-0.15, -0.1) is 10.2 Å². The Morgan fingerprint density at radius 1 is 1.21 bits per heavy atom. The molecular weight excluding hydrogens is 304 g/mol. The third-order valence-electron chi connectivity index (χ3n) is 3.74. The average molecular weight is 324 g/mol. The lowest BCUT2D eigenvalue weighted by Gasteiger charge is -2.14. The van der Waals surface area contributed by atoms with Gasteiger partial charge >= 0.3 is 0 Å². The molecule has 3 aromatic rings. The molecule has 0 bridgehead atoms. The van der Waals surface area contributed by atoms with Crippen molar-refractivity contribution in [2.75, 3.05) is 6.54 Å². The molecule has 0 saturated carbocycles. The highest BCUT2D eigenvalue weighted by Crippen LogP contribution is 2.13. The summed E-state index contributed by atoms with van der Waals surface area (Å²) in [6.07, 6.45) is 1.96. The topological polar surface area (TPSA) is 68.5 Å². The fourth-order valence-corrected chi connectivity index (χ4v) is 2.38. The normalized spacial score (nSPS) is 12.1. The Balaban J connectivity index is 1.50. The number of rotatable bonds is 6. The number of aromatic nitrogens is 3. The molecular formula is C18H20N4O2. The zero-order valence-corrected chi connectivity index (χ0v) is 13.8. The largest absolute Gasteiger partial charge is 0.481 e. The van der Waals surface area contributed by atoms with Crippen molar-refractivity contribution in [2.24, 2.45) is 0 Å². The van der Waals surface area contributed by atoms with Crippen molar-refractivity contribution in [3.63, 3.8) is 0 Å². The van der Waals surface area contributed by atoms with Gasteiger partial charge in [-0.25, -0.2) is 0 Å². The molecule has 0 unspecified atom stereocenters. The Labute approximate surface area is 140 Å². The zero-order chi connectivity index (χ0) is 16.9. The number of carbonyl (C=O) groups excluding carboxylic acids is 1. The van der Waals surface area contributed by atoms with E-state index in [2.05, 4.69) is 15.5 Å². The van der Waals surface area contributed by atoms with Crippen molar-refractivity contribution < 1.29 is 9.53 Å². The first kappa shape index (κ1) is 16.0. The van der Waals surface area contributed by atoms with Gasteiger partial charge < -0.3 is 10.1 Å². The van der Waals surface area contributed by atoms with Crippen LogP contribution in [0.2, 0.25) is 0 Å². The maximum Gasteiger partial charge on any atom is 0.260 e. The van der Waals surface area contributed by atoms with Crippen molar-refractivity contribution in [3.05, 3.63) is 60.0 Å². The van der Waals surface area contributed by atoms with Crippen LogP contribution in [0.1, 0.15) is 18.3 Å². The highest BCUT2D eigenvalue weighted by Gasteiger charge is 2.14. The van der Waals surface area contributed by atoms with Crippen molar-refractivity contribution in [1.82, 2.24) is 19.9 Å². The lowest BCUT2D eigenvalue weighted by Crippen LogP contribution is -2.37. The first-order valence-corrected chi connectivity index (χ1v) is 7.93. The summed E-state index contributed by atoms with van der Waals surface area (Å²) >= 11 is 0. The van der Waals surface area contributed by atoms with Crippen molar-refractivity contribution in [1.29, 1.82) is 0 Å². The summed E-state index contributed by atoms with van der Waals surface area (Å²) < 4.78 is 7.56. The summed E-state index contributed by atoms with van der Waals surface area (Å²) in [5, 5.41) is 11.1. The molecule has 6 nitrogen and oxygen atoms in total. The van der Waals surface area contributed by atoms with E-state index in [0.29, 0.717) is 18.7 Å². The first-order chi connectivity index (χ1) is 11.6. The predicted octanol–water partition coefficient (Wildman–Crippen LogP) is 2.16. The van der Waals surface area contributed by atoms with E-state index >= 15 is 0 Å². The summed E-state index contributed by atoms with van der Waals surface area (Å²) in [5.74, 6) is 1.36. The fraction of sp³-hybridized carbons (Fsp3) is 0.278. The molecule has 1 amide bonds.